The monoisotopic (exact) mass is 410 g/mol. The largest absolute Gasteiger partial charge is 0.445 e. The van der Waals surface area contributed by atoms with Crippen LogP contribution in [0.4, 0.5) is 4.79 Å². The van der Waals surface area contributed by atoms with Crippen LogP contribution >= 0.6 is 0 Å². The standard InChI is InChI=1S/C22H26N4O4/c1-22(13-12-19(24-25-23)20(27)30-22)16-26(14-17-8-4-2-5-9-17)21(28)29-15-18-10-6-3-7-11-18/h2-11,19-20,27H,12-16H2,1H3/t19?,20?,22-/m0/s1. The second-order valence-corrected chi connectivity index (χ2v) is 7.65. The maximum Gasteiger partial charge on any atom is 0.410 e. The van der Waals surface area contributed by atoms with Gasteiger partial charge < -0.3 is 19.5 Å². The van der Waals surface area contributed by atoms with Gasteiger partial charge in [-0.05, 0) is 36.4 Å². The predicted octanol–water partition coefficient (Wildman–Crippen LogP) is 4.39. The lowest BCUT2D eigenvalue weighted by molar-refractivity contribution is -0.219. The summed E-state index contributed by atoms with van der Waals surface area (Å²) < 4.78 is 11.3. The first kappa shape index (κ1) is 21.6. The maximum atomic E-state index is 12.9. The molecule has 1 aliphatic heterocycles. The van der Waals surface area contributed by atoms with Gasteiger partial charge >= 0.3 is 6.09 Å². The van der Waals surface area contributed by atoms with Crippen molar-refractivity contribution in [3.05, 3.63) is 82.2 Å². The van der Waals surface area contributed by atoms with Gasteiger partial charge in [-0.3, -0.25) is 0 Å². The number of nitrogens with zero attached hydrogens (tertiary/aromatic N) is 4. The molecule has 8 heteroatoms. The van der Waals surface area contributed by atoms with Crippen molar-refractivity contribution in [3.8, 4) is 0 Å². The molecule has 1 aliphatic rings. The number of benzene rings is 2. The van der Waals surface area contributed by atoms with Gasteiger partial charge in [0.2, 0.25) is 0 Å². The van der Waals surface area contributed by atoms with Crippen LogP contribution in [-0.2, 0) is 22.6 Å². The van der Waals surface area contributed by atoms with Gasteiger partial charge in [0.05, 0.1) is 18.2 Å². The lowest BCUT2D eigenvalue weighted by Gasteiger charge is -2.41. The highest BCUT2D eigenvalue weighted by Gasteiger charge is 2.40. The number of carbonyl (C=O) groups excluding carboxylic acids is 1. The Morgan fingerprint density at radius 2 is 1.87 bits per heavy atom. The van der Waals surface area contributed by atoms with Gasteiger partial charge in [0, 0.05) is 11.5 Å². The van der Waals surface area contributed by atoms with Crippen molar-refractivity contribution in [1.82, 2.24) is 4.90 Å². The van der Waals surface area contributed by atoms with E-state index in [1.165, 1.54) is 0 Å². The molecule has 1 saturated heterocycles. The molecule has 3 atom stereocenters. The van der Waals surface area contributed by atoms with Crippen molar-refractivity contribution in [3.63, 3.8) is 0 Å². The summed E-state index contributed by atoms with van der Waals surface area (Å²) in [6.45, 7) is 2.59. The summed E-state index contributed by atoms with van der Waals surface area (Å²) in [5, 5.41) is 13.8. The molecule has 0 aromatic heterocycles. The second kappa shape index (κ2) is 10.1. The van der Waals surface area contributed by atoms with Gasteiger partial charge in [0.1, 0.15) is 6.61 Å². The first-order valence-electron chi connectivity index (χ1n) is 9.89. The van der Waals surface area contributed by atoms with Gasteiger partial charge in [-0.25, -0.2) is 4.79 Å². The Balaban J connectivity index is 1.70. The molecular weight excluding hydrogens is 384 g/mol. The molecule has 0 bridgehead atoms. The van der Waals surface area contributed by atoms with Crippen LogP contribution in [-0.4, -0.2) is 40.6 Å². The predicted molar refractivity (Wildman–Crippen MR) is 111 cm³/mol. The summed E-state index contributed by atoms with van der Waals surface area (Å²) in [6.07, 6.45) is -0.664. The van der Waals surface area contributed by atoms with Crippen LogP contribution in [0.25, 0.3) is 10.4 Å². The third-order valence-electron chi connectivity index (χ3n) is 5.11. The summed E-state index contributed by atoms with van der Waals surface area (Å²) in [4.78, 5) is 17.2. The van der Waals surface area contributed by atoms with E-state index in [4.69, 9.17) is 15.0 Å². The van der Waals surface area contributed by atoms with Crippen LogP contribution in [0.15, 0.2) is 65.8 Å². The molecule has 1 amide bonds. The van der Waals surface area contributed by atoms with E-state index in [-0.39, 0.29) is 13.2 Å². The number of carbonyl (C=O) groups is 1. The second-order valence-electron chi connectivity index (χ2n) is 7.65. The van der Waals surface area contributed by atoms with E-state index in [0.717, 1.165) is 11.1 Å². The number of ether oxygens (including phenoxy) is 2. The minimum Gasteiger partial charge on any atom is -0.445 e. The van der Waals surface area contributed by atoms with Crippen molar-refractivity contribution in [2.75, 3.05) is 6.54 Å². The van der Waals surface area contributed by atoms with Crippen LogP contribution in [0.3, 0.4) is 0 Å². The third kappa shape index (κ3) is 5.97. The fraction of sp³-hybridized carbons (Fsp3) is 0.409. The zero-order valence-corrected chi connectivity index (χ0v) is 16.9. The first-order chi connectivity index (χ1) is 14.5. The van der Waals surface area contributed by atoms with Crippen molar-refractivity contribution < 1.29 is 19.4 Å². The van der Waals surface area contributed by atoms with Gasteiger partial charge in [0.15, 0.2) is 6.29 Å². The van der Waals surface area contributed by atoms with E-state index >= 15 is 0 Å². The quantitative estimate of drug-likeness (QED) is 0.415. The van der Waals surface area contributed by atoms with E-state index in [1.807, 2.05) is 67.6 Å². The van der Waals surface area contributed by atoms with Crippen LogP contribution in [0, 0.1) is 0 Å². The van der Waals surface area contributed by atoms with E-state index in [9.17, 15) is 9.90 Å². The van der Waals surface area contributed by atoms with Crippen LogP contribution in [0.2, 0.25) is 0 Å². The molecular formula is C22H26N4O4. The number of hydrogen-bond acceptors (Lipinski definition) is 5. The molecule has 3 rings (SSSR count). The number of hydrogen-bond donors (Lipinski definition) is 1. The minimum absolute atomic E-state index is 0.171. The zero-order valence-electron chi connectivity index (χ0n) is 16.9. The highest BCUT2D eigenvalue weighted by molar-refractivity contribution is 5.67. The minimum atomic E-state index is -1.21. The smallest absolute Gasteiger partial charge is 0.410 e. The molecule has 2 aromatic rings. The molecule has 2 unspecified atom stereocenters. The van der Waals surface area contributed by atoms with Crippen LogP contribution in [0.5, 0.6) is 0 Å². The van der Waals surface area contributed by atoms with Crippen LogP contribution < -0.4 is 0 Å². The maximum absolute atomic E-state index is 12.9. The number of aliphatic hydroxyl groups is 1. The fourth-order valence-electron chi connectivity index (χ4n) is 3.53. The molecule has 0 aliphatic carbocycles. The van der Waals surface area contributed by atoms with E-state index < -0.39 is 24.0 Å². The lowest BCUT2D eigenvalue weighted by Crippen LogP contribution is -2.52. The molecule has 1 heterocycles. The SMILES string of the molecule is C[C@@]1(CN(Cc2ccccc2)C(=O)OCc2ccccc2)CCC(N=[N+]=[N-])C(O)O1. The molecule has 1 fully saturated rings. The van der Waals surface area contributed by atoms with Gasteiger partial charge in [-0.2, -0.15) is 0 Å². The van der Waals surface area contributed by atoms with Crippen molar-refractivity contribution in [2.45, 2.75) is 50.8 Å². The average molecular weight is 410 g/mol. The summed E-state index contributed by atoms with van der Waals surface area (Å²) in [5.74, 6) is 0. The number of amides is 1. The van der Waals surface area contributed by atoms with Gasteiger partial charge in [0.25, 0.3) is 0 Å². The highest BCUT2D eigenvalue weighted by Crippen LogP contribution is 2.31. The summed E-state index contributed by atoms with van der Waals surface area (Å²) in [5.41, 5.74) is 9.69. The molecule has 158 valence electrons. The summed E-state index contributed by atoms with van der Waals surface area (Å²) >= 11 is 0. The number of aliphatic hydroxyl groups excluding tert-OH is 1. The summed E-state index contributed by atoms with van der Waals surface area (Å²) in [6, 6.07) is 18.5. The molecule has 30 heavy (non-hydrogen) atoms. The molecule has 2 aromatic carbocycles. The Kier molecular flexibility index (Phi) is 7.30. The highest BCUT2D eigenvalue weighted by atomic mass is 16.6. The molecule has 1 N–H and O–H groups in total. The Bertz CT molecular complexity index is 873. The Morgan fingerprint density at radius 3 is 2.47 bits per heavy atom. The fourth-order valence-corrected chi connectivity index (χ4v) is 3.53. The Morgan fingerprint density at radius 1 is 1.23 bits per heavy atom. The summed E-state index contributed by atoms with van der Waals surface area (Å²) in [7, 11) is 0. The Hall–Kier alpha value is -3.06. The molecule has 0 spiro atoms. The number of rotatable bonds is 7. The van der Waals surface area contributed by atoms with E-state index in [2.05, 4.69) is 10.0 Å². The van der Waals surface area contributed by atoms with Crippen molar-refractivity contribution in [1.29, 1.82) is 0 Å². The molecule has 8 nitrogen and oxygen atoms in total. The number of azide groups is 1. The average Bonchev–Trinajstić information content (AvgIpc) is 2.75. The van der Waals surface area contributed by atoms with Gasteiger partial charge in [-0.1, -0.05) is 65.8 Å². The van der Waals surface area contributed by atoms with E-state index in [0.29, 0.717) is 19.4 Å². The van der Waals surface area contributed by atoms with Crippen molar-refractivity contribution >= 4 is 6.09 Å². The lowest BCUT2D eigenvalue weighted by atomic mass is 9.92. The van der Waals surface area contributed by atoms with Crippen molar-refractivity contribution in [2.24, 2.45) is 5.11 Å². The normalized spacial score (nSPS) is 23.3. The van der Waals surface area contributed by atoms with Gasteiger partial charge in [-0.15, -0.1) is 0 Å². The zero-order chi connectivity index (χ0) is 21.4. The van der Waals surface area contributed by atoms with E-state index in [1.54, 1.807) is 4.90 Å². The first-order valence-corrected chi connectivity index (χ1v) is 9.89. The topological polar surface area (TPSA) is 108 Å². The molecule has 0 saturated carbocycles. The van der Waals surface area contributed by atoms with Crippen LogP contribution in [0.1, 0.15) is 30.9 Å². The Labute approximate surface area is 175 Å². The molecule has 0 radical (unpaired) electrons. The third-order valence-corrected chi connectivity index (χ3v) is 5.11.